The Hall–Kier alpha value is -3.66. The van der Waals surface area contributed by atoms with Crippen LogP contribution >= 0.6 is 11.8 Å². The number of methoxy groups -OCH3 is 1. The average molecular weight is 440 g/mol. The highest BCUT2D eigenvalue weighted by molar-refractivity contribution is 7.99. The van der Waals surface area contributed by atoms with Crippen molar-refractivity contribution in [1.82, 2.24) is 9.97 Å². The van der Waals surface area contributed by atoms with Gasteiger partial charge in [0.25, 0.3) is 11.2 Å². The maximum atomic E-state index is 12.5. The number of nitro groups is 1. The quantitative estimate of drug-likeness (QED) is 0.238. The summed E-state index contributed by atoms with van der Waals surface area (Å²) in [5.74, 6) is -0.234. The van der Waals surface area contributed by atoms with Crippen LogP contribution in [0.1, 0.15) is 16.8 Å². The van der Waals surface area contributed by atoms with Crippen molar-refractivity contribution in [2.24, 2.45) is 0 Å². The van der Waals surface area contributed by atoms with Gasteiger partial charge in [0.15, 0.2) is 5.16 Å². The zero-order valence-corrected chi connectivity index (χ0v) is 17.7. The lowest BCUT2D eigenvalue weighted by molar-refractivity contribution is -0.384. The Morgan fingerprint density at radius 3 is 2.65 bits per heavy atom. The maximum absolute atomic E-state index is 12.5. The molecule has 1 amide bonds. The number of aromatic nitrogens is 2. The van der Waals surface area contributed by atoms with Gasteiger partial charge in [-0.15, -0.1) is 0 Å². The van der Waals surface area contributed by atoms with Gasteiger partial charge in [0.1, 0.15) is 11.4 Å². The minimum Gasteiger partial charge on any atom is -0.496 e. The number of hydrogen-bond donors (Lipinski definition) is 2. The molecule has 1 aromatic heterocycles. The lowest BCUT2D eigenvalue weighted by Gasteiger charge is -2.09. The van der Waals surface area contributed by atoms with Crippen LogP contribution in [-0.2, 0) is 11.2 Å². The fourth-order valence-corrected chi connectivity index (χ4v) is 3.58. The van der Waals surface area contributed by atoms with Gasteiger partial charge >= 0.3 is 0 Å². The number of H-pyrrole nitrogens is 1. The van der Waals surface area contributed by atoms with E-state index in [9.17, 15) is 19.7 Å². The Balaban J connectivity index is 1.67. The zero-order chi connectivity index (χ0) is 22.4. The molecule has 0 unspecified atom stereocenters. The summed E-state index contributed by atoms with van der Waals surface area (Å²) in [4.78, 5) is 42.5. The van der Waals surface area contributed by atoms with Gasteiger partial charge in [-0.1, -0.05) is 42.1 Å². The molecule has 0 aliphatic carbocycles. The van der Waals surface area contributed by atoms with E-state index in [1.54, 1.807) is 6.92 Å². The third-order valence-corrected chi connectivity index (χ3v) is 5.31. The molecular formula is C21H20N4O5S. The number of aromatic amines is 1. The number of anilines is 1. The predicted molar refractivity (Wildman–Crippen MR) is 118 cm³/mol. The summed E-state index contributed by atoms with van der Waals surface area (Å²) < 4.78 is 4.98. The average Bonchev–Trinajstić information content (AvgIpc) is 2.75. The van der Waals surface area contributed by atoms with Crippen LogP contribution in [0.4, 0.5) is 11.4 Å². The smallest absolute Gasteiger partial charge is 0.296 e. The van der Waals surface area contributed by atoms with Crippen molar-refractivity contribution >= 4 is 29.0 Å². The van der Waals surface area contributed by atoms with Crippen LogP contribution in [0.2, 0.25) is 0 Å². The molecular weight excluding hydrogens is 420 g/mol. The monoisotopic (exact) mass is 440 g/mol. The molecule has 0 bridgehead atoms. The second-order valence-corrected chi connectivity index (χ2v) is 7.54. The van der Waals surface area contributed by atoms with Crippen molar-refractivity contribution in [2.45, 2.75) is 18.5 Å². The summed E-state index contributed by atoms with van der Waals surface area (Å²) >= 11 is 1.04. The molecule has 2 N–H and O–H groups in total. The first-order valence-corrected chi connectivity index (χ1v) is 10.2. The summed E-state index contributed by atoms with van der Waals surface area (Å²) in [6.45, 7) is 1.75. The molecule has 9 nitrogen and oxygen atoms in total. The molecule has 3 rings (SSSR count). The fourth-order valence-electron chi connectivity index (χ4n) is 2.88. The van der Waals surface area contributed by atoms with Crippen molar-refractivity contribution in [1.29, 1.82) is 0 Å². The Bertz CT molecular complexity index is 1160. The van der Waals surface area contributed by atoms with Gasteiger partial charge in [0, 0.05) is 17.7 Å². The number of thioether (sulfide) groups is 1. The molecule has 0 aliphatic rings. The van der Waals surface area contributed by atoms with Crippen LogP contribution in [0, 0.1) is 17.0 Å². The van der Waals surface area contributed by atoms with Crippen molar-refractivity contribution in [3.8, 4) is 5.75 Å². The number of nitrogens with one attached hydrogen (secondary N) is 2. The van der Waals surface area contributed by atoms with E-state index in [4.69, 9.17) is 4.74 Å². The van der Waals surface area contributed by atoms with Gasteiger partial charge in [-0.2, -0.15) is 0 Å². The van der Waals surface area contributed by atoms with E-state index < -0.39 is 10.8 Å². The molecule has 0 saturated carbocycles. The van der Waals surface area contributed by atoms with Gasteiger partial charge in [-0.3, -0.25) is 19.7 Å². The number of amides is 1. The molecule has 0 fully saturated rings. The van der Waals surface area contributed by atoms with Crippen LogP contribution in [0.3, 0.4) is 0 Å². The van der Waals surface area contributed by atoms with E-state index in [0.29, 0.717) is 28.6 Å². The zero-order valence-electron chi connectivity index (χ0n) is 16.9. The number of aryl methyl sites for hydroxylation is 1. The summed E-state index contributed by atoms with van der Waals surface area (Å²) in [6.07, 6.45) is 0.460. The Morgan fingerprint density at radius 1 is 1.26 bits per heavy atom. The van der Waals surface area contributed by atoms with Gasteiger partial charge in [-0.25, -0.2) is 4.98 Å². The summed E-state index contributed by atoms with van der Waals surface area (Å²) in [7, 11) is 1.40. The molecule has 0 atom stereocenters. The number of hydrogen-bond acceptors (Lipinski definition) is 7. The number of nitro benzene ring substituents is 1. The van der Waals surface area contributed by atoms with E-state index >= 15 is 0 Å². The normalized spacial score (nSPS) is 10.5. The Morgan fingerprint density at radius 2 is 2.00 bits per heavy atom. The van der Waals surface area contributed by atoms with Gasteiger partial charge < -0.3 is 15.0 Å². The van der Waals surface area contributed by atoms with E-state index in [2.05, 4.69) is 15.3 Å². The standard InChI is InChI=1S/C21H20N4O5S/c1-13-16(10-14-6-4-3-5-7-14)20(27)24-21(22-13)31-12-19(26)23-17-9-8-15(30-2)11-18(17)25(28)29/h3-9,11H,10,12H2,1-2H3,(H,23,26)(H,22,24,27). The number of benzene rings is 2. The largest absolute Gasteiger partial charge is 0.496 e. The number of nitrogens with zero attached hydrogens (tertiary/aromatic N) is 2. The van der Waals surface area contributed by atoms with Crippen LogP contribution in [0.15, 0.2) is 58.5 Å². The van der Waals surface area contributed by atoms with Crippen molar-refractivity contribution in [3.05, 3.63) is 85.8 Å². The fraction of sp³-hybridized carbons (Fsp3) is 0.190. The first kappa shape index (κ1) is 22.0. The molecule has 0 spiro atoms. The molecule has 0 saturated heterocycles. The van der Waals surface area contributed by atoms with E-state index in [1.165, 1.54) is 25.3 Å². The molecule has 2 aromatic carbocycles. The first-order valence-electron chi connectivity index (χ1n) is 9.26. The summed E-state index contributed by atoms with van der Waals surface area (Å²) in [5.41, 5.74) is 1.68. The molecule has 1 heterocycles. The highest BCUT2D eigenvalue weighted by Crippen LogP contribution is 2.29. The third-order valence-electron chi connectivity index (χ3n) is 4.44. The second-order valence-electron chi connectivity index (χ2n) is 6.57. The topological polar surface area (TPSA) is 127 Å². The van der Waals surface area contributed by atoms with Crippen LogP contribution < -0.4 is 15.6 Å². The predicted octanol–water partition coefficient (Wildman–Crippen LogP) is 3.32. The molecule has 3 aromatic rings. The summed E-state index contributed by atoms with van der Waals surface area (Å²) in [5, 5.41) is 14.0. The van der Waals surface area contributed by atoms with E-state index in [0.717, 1.165) is 17.3 Å². The Kier molecular flexibility index (Phi) is 7.03. The van der Waals surface area contributed by atoms with Crippen molar-refractivity contribution < 1.29 is 14.5 Å². The van der Waals surface area contributed by atoms with Crippen LogP contribution in [-0.4, -0.2) is 33.7 Å². The minimum atomic E-state index is -0.598. The lowest BCUT2D eigenvalue weighted by Crippen LogP contribution is -2.19. The SMILES string of the molecule is COc1ccc(NC(=O)CSc2nc(C)c(Cc3ccccc3)c(=O)[nH]2)c([N+](=O)[O-])c1. The van der Waals surface area contributed by atoms with Gasteiger partial charge in [0.2, 0.25) is 5.91 Å². The molecule has 0 radical (unpaired) electrons. The van der Waals surface area contributed by atoms with Crippen molar-refractivity contribution in [3.63, 3.8) is 0 Å². The maximum Gasteiger partial charge on any atom is 0.296 e. The number of carbonyl (C=O) groups is 1. The van der Waals surface area contributed by atoms with Crippen LogP contribution in [0.25, 0.3) is 0 Å². The Labute approximate surface area is 182 Å². The summed E-state index contributed by atoms with van der Waals surface area (Å²) in [6, 6.07) is 13.7. The van der Waals surface area contributed by atoms with Gasteiger partial charge in [0.05, 0.1) is 23.9 Å². The lowest BCUT2D eigenvalue weighted by atomic mass is 10.1. The molecule has 31 heavy (non-hydrogen) atoms. The highest BCUT2D eigenvalue weighted by atomic mass is 32.2. The van der Waals surface area contributed by atoms with E-state index in [-0.39, 0.29) is 22.7 Å². The first-order chi connectivity index (χ1) is 14.9. The highest BCUT2D eigenvalue weighted by Gasteiger charge is 2.18. The number of carbonyl (C=O) groups excluding carboxylic acids is 1. The second kappa shape index (κ2) is 9.90. The molecule has 0 aliphatic heterocycles. The van der Waals surface area contributed by atoms with Crippen LogP contribution in [0.5, 0.6) is 5.75 Å². The number of rotatable bonds is 8. The van der Waals surface area contributed by atoms with Crippen molar-refractivity contribution in [2.75, 3.05) is 18.2 Å². The molecule has 160 valence electrons. The van der Waals surface area contributed by atoms with E-state index in [1.807, 2.05) is 30.3 Å². The molecule has 10 heteroatoms. The number of ether oxygens (including phenoxy) is 1. The minimum absolute atomic E-state index is 0.0623. The third kappa shape index (κ3) is 5.70. The van der Waals surface area contributed by atoms with Gasteiger partial charge in [-0.05, 0) is 24.6 Å².